The number of benzene rings is 3. The number of hydrogen-bond donors (Lipinski definition) is 0. The number of methoxy groups -OCH3 is 1. The van der Waals surface area contributed by atoms with Gasteiger partial charge in [0.25, 0.3) is 0 Å². The van der Waals surface area contributed by atoms with Crippen molar-refractivity contribution < 1.29 is 14.3 Å². The van der Waals surface area contributed by atoms with Crippen molar-refractivity contribution in [1.82, 2.24) is 4.90 Å². The van der Waals surface area contributed by atoms with Crippen LogP contribution in [0.3, 0.4) is 0 Å². The van der Waals surface area contributed by atoms with Crippen LogP contribution in [0.5, 0.6) is 0 Å². The van der Waals surface area contributed by atoms with Gasteiger partial charge in [-0.3, -0.25) is 4.79 Å². The number of hydrogen-bond acceptors (Lipinski definition) is 3. The smallest absolute Gasteiger partial charge is 0.330 e. The number of carbonyl (C=O) groups is 2. The molecule has 0 saturated heterocycles. The summed E-state index contributed by atoms with van der Waals surface area (Å²) in [5.41, 5.74) is 4.67. The van der Waals surface area contributed by atoms with E-state index in [0.717, 1.165) is 12.0 Å². The van der Waals surface area contributed by atoms with Crippen molar-refractivity contribution in [3.05, 3.63) is 119 Å². The highest BCUT2D eigenvalue weighted by atomic mass is 16.5. The highest BCUT2D eigenvalue weighted by molar-refractivity contribution is 5.81. The van der Waals surface area contributed by atoms with Gasteiger partial charge in [-0.2, -0.15) is 0 Å². The summed E-state index contributed by atoms with van der Waals surface area (Å²) >= 11 is 0. The van der Waals surface area contributed by atoms with Crippen LogP contribution in [0.1, 0.15) is 47.4 Å². The molecule has 0 heterocycles. The first-order valence-electron chi connectivity index (χ1n) is 12.1. The Morgan fingerprint density at radius 3 is 2.11 bits per heavy atom. The molecule has 4 nitrogen and oxygen atoms in total. The van der Waals surface area contributed by atoms with E-state index in [1.807, 2.05) is 49.5 Å². The zero-order valence-corrected chi connectivity index (χ0v) is 20.9. The number of carbonyl (C=O) groups excluding carboxylic acids is 2. The summed E-state index contributed by atoms with van der Waals surface area (Å²) in [5.74, 6) is 0.219. The first kappa shape index (κ1) is 26.0. The third kappa shape index (κ3) is 7.96. The second-order valence-electron chi connectivity index (χ2n) is 8.94. The lowest BCUT2D eigenvalue weighted by molar-refractivity contribution is -0.135. The monoisotopic (exact) mass is 469 g/mol. The van der Waals surface area contributed by atoms with Crippen molar-refractivity contribution >= 4 is 11.9 Å². The van der Waals surface area contributed by atoms with Crippen LogP contribution in [-0.4, -0.2) is 37.5 Å². The van der Waals surface area contributed by atoms with E-state index in [1.54, 1.807) is 4.90 Å². The number of esters is 1. The van der Waals surface area contributed by atoms with Gasteiger partial charge in [0.2, 0.25) is 5.91 Å². The second kappa shape index (κ2) is 13.3. The fraction of sp³-hybridized carbons (Fsp3) is 0.290. The number of ether oxygens (including phenoxy) is 1. The number of nitrogens with zero attached hydrogens (tertiary/aromatic N) is 1. The van der Waals surface area contributed by atoms with Crippen LogP contribution in [0.15, 0.2) is 97.1 Å². The molecule has 0 aliphatic heterocycles. The van der Waals surface area contributed by atoms with Crippen molar-refractivity contribution in [2.24, 2.45) is 0 Å². The van der Waals surface area contributed by atoms with Gasteiger partial charge in [0.15, 0.2) is 0 Å². The SMILES string of the molecule is COC(=O)C=CCC(c1ccc(CC(=O)N(C)CCc2ccccc2)cc1)C(C)c1ccccc1. The molecule has 182 valence electrons. The molecule has 0 bridgehead atoms. The van der Waals surface area contributed by atoms with E-state index in [9.17, 15) is 9.59 Å². The zero-order valence-electron chi connectivity index (χ0n) is 20.9. The fourth-order valence-corrected chi connectivity index (χ4v) is 4.26. The molecule has 0 aliphatic rings. The summed E-state index contributed by atoms with van der Waals surface area (Å²) in [7, 11) is 3.25. The molecular formula is C31H35NO3. The van der Waals surface area contributed by atoms with Crippen LogP contribution in [0, 0.1) is 0 Å². The number of allylic oxidation sites excluding steroid dienone is 1. The van der Waals surface area contributed by atoms with Gasteiger partial charge in [0.1, 0.15) is 0 Å². The van der Waals surface area contributed by atoms with E-state index in [2.05, 4.69) is 55.5 Å². The Hall–Kier alpha value is -3.66. The maximum absolute atomic E-state index is 12.8. The summed E-state index contributed by atoms with van der Waals surface area (Å²) in [4.78, 5) is 26.1. The van der Waals surface area contributed by atoms with Crippen LogP contribution in [-0.2, 0) is 27.2 Å². The third-order valence-corrected chi connectivity index (χ3v) is 6.54. The fourth-order valence-electron chi connectivity index (χ4n) is 4.26. The number of likely N-dealkylation sites (N-methyl/N-ethyl adjacent to an activating group) is 1. The van der Waals surface area contributed by atoms with Crippen molar-refractivity contribution in [1.29, 1.82) is 0 Å². The molecule has 0 aliphatic carbocycles. The Bertz CT molecular complexity index is 1090. The second-order valence-corrected chi connectivity index (χ2v) is 8.94. The van der Waals surface area contributed by atoms with Crippen LogP contribution < -0.4 is 0 Å². The minimum Gasteiger partial charge on any atom is -0.466 e. The van der Waals surface area contributed by atoms with Crippen molar-refractivity contribution in [2.45, 2.75) is 38.0 Å². The maximum Gasteiger partial charge on any atom is 0.330 e. The lowest BCUT2D eigenvalue weighted by Crippen LogP contribution is -2.30. The Balaban J connectivity index is 1.66. The molecular weight excluding hydrogens is 434 g/mol. The van der Waals surface area contributed by atoms with Crippen LogP contribution >= 0.6 is 0 Å². The molecule has 2 unspecified atom stereocenters. The Morgan fingerprint density at radius 1 is 0.857 bits per heavy atom. The van der Waals surface area contributed by atoms with Gasteiger partial charge in [-0.25, -0.2) is 4.79 Å². The van der Waals surface area contributed by atoms with Gasteiger partial charge in [-0.1, -0.05) is 97.9 Å². The molecule has 3 aromatic carbocycles. The van der Waals surface area contributed by atoms with Crippen molar-refractivity contribution in [3.8, 4) is 0 Å². The predicted octanol–water partition coefficient (Wildman–Crippen LogP) is 5.94. The van der Waals surface area contributed by atoms with Crippen LogP contribution in [0.4, 0.5) is 0 Å². The van der Waals surface area contributed by atoms with Gasteiger partial charge in [0.05, 0.1) is 13.5 Å². The molecule has 0 saturated carbocycles. The topological polar surface area (TPSA) is 46.6 Å². The minimum absolute atomic E-state index is 0.115. The van der Waals surface area contributed by atoms with Crippen molar-refractivity contribution in [2.75, 3.05) is 20.7 Å². The van der Waals surface area contributed by atoms with E-state index in [1.165, 1.54) is 29.9 Å². The van der Waals surface area contributed by atoms with Gasteiger partial charge < -0.3 is 9.64 Å². The molecule has 3 aromatic rings. The largest absolute Gasteiger partial charge is 0.466 e. The van der Waals surface area contributed by atoms with E-state index in [0.29, 0.717) is 19.4 Å². The summed E-state index contributed by atoms with van der Waals surface area (Å²) in [5, 5.41) is 0. The first-order valence-corrected chi connectivity index (χ1v) is 12.1. The van der Waals surface area contributed by atoms with E-state index in [4.69, 9.17) is 4.74 Å². The Labute approximate surface area is 209 Å². The van der Waals surface area contributed by atoms with E-state index < -0.39 is 0 Å². The van der Waals surface area contributed by atoms with Gasteiger partial charge in [0, 0.05) is 19.7 Å². The highest BCUT2D eigenvalue weighted by Gasteiger charge is 2.20. The van der Waals surface area contributed by atoms with Crippen molar-refractivity contribution in [3.63, 3.8) is 0 Å². The maximum atomic E-state index is 12.8. The lowest BCUT2D eigenvalue weighted by atomic mass is 9.80. The van der Waals surface area contributed by atoms with Gasteiger partial charge in [-0.05, 0) is 46.9 Å². The number of rotatable bonds is 11. The normalized spacial score (nSPS) is 12.8. The number of amides is 1. The average molecular weight is 470 g/mol. The molecule has 1 amide bonds. The summed E-state index contributed by atoms with van der Waals surface area (Å²) in [6, 6.07) is 29.0. The Morgan fingerprint density at radius 2 is 1.49 bits per heavy atom. The molecule has 0 N–H and O–H groups in total. The van der Waals surface area contributed by atoms with Gasteiger partial charge >= 0.3 is 5.97 Å². The summed E-state index contributed by atoms with van der Waals surface area (Å²) in [6.45, 7) is 2.91. The molecule has 0 radical (unpaired) electrons. The molecule has 0 fully saturated rings. The minimum atomic E-state index is -0.346. The molecule has 4 heteroatoms. The highest BCUT2D eigenvalue weighted by Crippen LogP contribution is 2.35. The summed E-state index contributed by atoms with van der Waals surface area (Å²) in [6.07, 6.45) is 5.32. The molecule has 35 heavy (non-hydrogen) atoms. The molecule has 0 spiro atoms. The van der Waals surface area contributed by atoms with Crippen LogP contribution in [0.25, 0.3) is 0 Å². The molecule has 3 rings (SSSR count). The predicted molar refractivity (Wildman–Crippen MR) is 141 cm³/mol. The Kier molecular flexibility index (Phi) is 9.85. The third-order valence-electron chi connectivity index (χ3n) is 6.54. The molecule has 0 aromatic heterocycles. The lowest BCUT2D eigenvalue weighted by Gasteiger charge is -2.24. The van der Waals surface area contributed by atoms with Crippen LogP contribution in [0.2, 0.25) is 0 Å². The zero-order chi connectivity index (χ0) is 25.0. The molecule has 2 atom stereocenters. The quantitative estimate of drug-likeness (QED) is 0.258. The van der Waals surface area contributed by atoms with Gasteiger partial charge in [-0.15, -0.1) is 0 Å². The van der Waals surface area contributed by atoms with E-state index in [-0.39, 0.29) is 23.7 Å². The summed E-state index contributed by atoms with van der Waals surface area (Å²) < 4.78 is 4.74. The van der Waals surface area contributed by atoms with E-state index >= 15 is 0 Å². The average Bonchev–Trinajstić information content (AvgIpc) is 2.91. The standard InChI is InChI=1S/C31H35NO3/c1-24(27-13-8-5-9-14-27)29(15-10-16-31(34)35-3)28-19-17-26(18-20-28)23-30(33)32(2)22-21-25-11-6-4-7-12-25/h4-14,16-20,24,29H,15,21-23H2,1-3H3. The first-order chi connectivity index (χ1) is 17.0.